The van der Waals surface area contributed by atoms with Crippen LogP contribution in [0.5, 0.6) is 11.5 Å². The minimum atomic E-state index is 0.599. The van der Waals surface area contributed by atoms with Crippen molar-refractivity contribution in [3.63, 3.8) is 0 Å². The standard InChI is InChI=1S/C30H22N2O2/c1-33-27-15-11-25(12-16-27)29(23-7-3-21(19-31)4-8-23)30(24-9-5-22(20-32)6-10-24)26-13-17-28(34-2)18-14-26/h3-18H,1-2H3/b30-29+. The van der Waals surface area contributed by atoms with E-state index in [4.69, 9.17) is 9.47 Å². The zero-order valence-corrected chi connectivity index (χ0v) is 18.9. The Morgan fingerprint density at radius 2 is 0.735 bits per heavy atom. The van der Waals surface area contributed by atoms with E-state index in [2.05, 4.69) is 12.1 Å². The first kappa shape index (κ1) is 22.4. The summed E-state index contributed by atoms with van der Waals surface area (Å²) in [4.78, 5) is 0. The fourth-order valence-electron chi connectivity index (χ4n) is 3.85. The first-order chi connectivity index (χ1) is 16.7. The fourth-order valence-corrected chi connectivity index (χ4v) is 3.85. The summed E-state index contributed by atoms with van der Waals surface area (Å²) in [5.74, 6) is 1.54. The fraction of sp³-hybridized carbons (Fsp3) is 0.0667. The highest BCUT2D eigenvalue weighted by Crippen LogP contribution is 2.38. The summed E-state index contributed by atoms with van der Waals surface area (Å²) in [6, 6.07) is 35.4. The van der Waals surface area contributed by atoms with Crippen molar-refractivity contribution in [2.24, 2.45) is 0 Å². The van der Waals surface area contributed by atoms with Crippen molar-refractivity contribution >= 4 is 11.1 Å². The zero-order valence-electron chi connectivity index (χ0n) is 18.9. The summed E-state index contributed by atoms with van der Waals surface area (Å²) < 4.78 is 10.7. The molecule has 4 heteroatoms. The van der Waals surface area contributed by atoms with Gasteiger partial charge in [-0.3, -0.25) is 0 Å². The molecule has 0 unspecified atom stereocenters. The zero-order chi connectivity index (χ0) is 23.9. The van der Waals surface area contributed by atoms with Gasteiger partial charge in [0.25, 0.3) is 0 Å². The summed E-state index contributed by atoms with van der Waals surface area (Å²) in [5.41, 5.74) is 7.15. The van der Waals surface area contributed by atoms with Crippen LogP contribution in [0.15, 0.2) is 97.1 Å². The quantitative estimate of drug-likeness (QED) is 0.322. The van der Waals surface area contributed by atoms with E-state index in [1.807, 2.05) is 97.1 Å². The van der Waals surface area contributed by atoms with Crippen molar-refractivity contribution in [3.05, 3.63) is 130 Å². The molecule has 0 radical (unpaired) electrons. The summed E-state index contributed by atoms with van der Waals surface area (Å²) in [5, 5.41) is 18.6. The predicted molar refractivity (Wildman–Crippen MR) is 133 cm³/mol. The molecule has 0 bridgehead atoms. The molecule has 0 fully saturated rings. The van der Waals surface area contributed by atoms with E-state index in [-0.39, 0.29) is 0 Å². The molecule has 0 N–H and O–H groups in total. The van der Waals surface area contributed by atoms with Gasteiger partial charge in [-0.1, -0.05) is 48.5 Å². The molecule has 0 aromatic heterocycles. The van der Waals surface area contributed by atoms with Crippen molar-refractivity contribution < 1.29 is 9.47 Å². The lowest BCUT2D eigenvalue weighted by atomic mass is 9.85. The molecular weight excluding hydrogens is 420 g/mol. The molecule has 0 spiro atoms. The lowest BCUT2D eigenvalue weighted by Gasteiger charge is -2.19. The lowest BCUT2D eigenvalue weighted by Crippen LogP contribution is -1.98. The van der Waals surface area contributed by atoms with Crippen molar-refractivity contribution in [1.82, 2.24) is 0 Å². The number of ether oxygens (including phenoxy) is 2. The molecule has 0 amide bonds. The number of rotatable bonds is 6. The molecule has 0 aliphatic heterocycles. The second-order valence-electron chi connectivity index (χ2n) is 7.59. The Morgan fingerprint density at radius 3 is 0.971 bits per heavy atom. The summed E-state index contributed by atoms with van der Waals surface area (Å²) in [6.07, 6.45) is 0. The molecule has 0 atom stereocenters. The minimum Gasteiger partial charge on any atom is -0.497 e. The highest BCUT2D eigenvalue weighted by atomic mass is 16.5. The van der Waals surface area contributed by atoms with Gasteiger partial charge in [-0.05, 0) is 81.9 Å². The highest BCUT2D eigenvalue weighted by Gasteiger charge is 2.17. The average Bonchev–Trinajstić information content (AvgIpc) is 2.92. The largest absolute Gasteiger partial charge is 0.497 e. The van der Waals surface area contributed by atoms with Crippen LogP contribution in [0.2, 0.25) is 0 Å². The molecule has 0 aliphatic carbocycles. The number of nitrogens with zero attached hydrogens (tertiary/aromatic N) is 2. The summed E-state index contributed by atoms with van der Waals surface area (Å²) in [6.45, 7) is 0. The molecule has 0 heterocycles. The monoisotopic (exact) mass is 442 g/mol. The molecule has 4 aromatic rings. The molecule has 4 nitrogen and oxygen atoms in total. The van der Waals surface area contributed by atoms with E-state index in [0.29, 0.717) is 11.1 Å². The van der Waals surface area contributed by atoms with E-state index >= 15 is 0 Å². The Morgan fingerprint density at radius 1 is 0.471 bits per heavy atom. The van der Waals surface area contributed by atoms with Gasteiger partial charge < -0.3 is 9.47 Å². The third-order valence-corrected chi connectivity index (χ3v) is 5.61. The van der Waals surface area contributed by atoms with Crippen molar-refractivity contribution in [1.29, 1.82) is 10.5 Å². The summed E-state index contributed by atoms with van der Waals surface area (Å²) >= 11 is 0. The van der Waals surface area contributed by atoms with Crippen molar-refractivity contribution in [2.75, 3.05) is 14.2 Å². The molecule has 164 valence electrons. The number of nitriles is 2. The molecular formula is C30H22N2O2. The Balaban J connectivity index is 2.05. The maximum Gasteiger partial charge on any atom is 0.118 e. The van der Waals surface area contributed by atoms with Crippen LogP contribution in [0.1, 0.15) is 33.4 Å². The van der Waals surface area contributed by atoms with Crippen LogP contribution in [0.3, 0.4) is 0 Å². The van der Waals surface area contributed by atoms with E-state index in [9.17, 15) is 10.5 Å². The molecule has 4 rings (SSSR count). The lowest BCUT2D eigenvalue weighted by molar-refractivity contribution is 0.414. The summed E-state index contributed by atoms with van der Waals surface area (Å²) in [7, 11) is 3.29. The molecule has 0 saturated heterocycles. The van der Waals surface area contributed by atoms with E-state index in [1.54, 1.807) is 14.2 Å². The minimum absolute atomic E-state index is 0.599. The third-order valence-electron chi connectivity index (χ3n) is 5.61. The van der Waals surface area contributed by atoms with Crippen LogP contribution in [-0.2, 0) is 0 Å². The van der Waals surface area contributed by atoms with Gasteiger partial charge in [0.05, 0.1) is 37.5 Å². The topological polar surface area (TPSA) is 66.0 Å². The van der Waals surface area contributed by atoms with Crippen LogP contribution < -0.4 is 9.47 Å². The predicted octanol–water partition coefficient (Wildman–Crippen LogP) is 6.45. The molecule has 4 aromatic carbocycles. The van der Waals surface area contributed by atoms with Gasteiger partial charge in [0.15, 0.2) is 0 Å². The van der Waals surface area contributed by atoms with Gasteiger partial charge in [0.1, 0.15) is 11.5 Å². The number of methoxy groups -OCH3 is 2. The van der Waals surface area contributed by atoms with Gasteiger partial charge in [-0.15, -0.1) is 0 Å². The van der Waals surface area contributed by atoms with E-state index in [1.165, 1.54) is 0 Å². The highest BCUT2D eigenvalue weighted by molar-refractivity contribution is 6.04. The SMILES string of the molecule is COc1ccc(/C(=C(\c2ccc(C#N)cc2)c2ccc(OC)cc2)c2ccc(C#N)cc2)cc1. The van der Waals surface area contributed by atoms with E-state index in [0.717, 1.165) is 44.9 Å². The van der Waals surface area contributed by atoms with Crippen LogP contribution in [-0.4, -0.2) is 14.2 Å². The Bertz CT molecular complexity index is 1280. The van der Waals surface area contributed by atoms with Crippen molar-refractivity contribution in [2.45, 2.75) is 0 Å². The van der Waals surface area contributed by atoms with Gasteiger partial charge >= 0.3 is 0 Å². The van der Waals surface area contributed by atoms with Gasteiger partial charge in [0, 0.05) is 0 Å². The average molecular weight is 443 g/mol. The van der Waals surface area contributed by atoms with Crippen LogP contribution >= 0.6 is 0 Å². The van der Waals surface area contributed by atoms with Crippen molar-refractivity contribution in [3.8, 4) is 23.6 Å². The van der Waals surface area contributed by atoms with Crippen LogP contribution in [0, 0.1) is 22.7 Å². The Kier molecular flexibility index (Phi) is 6.73. The third kappa shape index (κ3) is 4.67. The molecule has 34 heavy (non-hydrogen) atoms. The normalized spacial score (nSPS) is 11.1. The number of hydrogen-bond donors (Lipinski definition) is 0. The second kappa shape index (κ2) is 10.2. The second-order valence-corrected chi connectivity index (χ2v) is 7.59. The first-order valence-corrected chi connectivity index (χ1v) is 10.7. The van der Waals surface area contributed by atoms with Gasteiger partial charge in [0.2, 0.25) is 0 Å². The molecule has 0 aliphatic rings. The van der Waals surface area contributed by atoms with Gasteiger partial charge in [-0.25, -0.2) is 0 Å². The van der Waals surface area contributed by atoms with Gasteiger partial charge in [-0.2, -0.15) is 10.5 Å². The molecule has 0 saturated carbocycles. The maximum absolute atomic E-state index is 9.29. The Hall–Kier alpha value is -4.80. The first-order valence-electron chi connectivity index (χ1n) is 10.7. The Labute approximate surface area is 199 Å². The van der Waals surface area contributed by atoms with E-state index < -0.39 is 0 Å². The number of hydrogen-bond acceptors (Lipinski definition) is 4. The maximum atomic E-state index is 9.29. The number of benzene rings is 4. The smallest absolute Gasteiger partial charge is 0.118 e. The van der Waals surface area contributed by atoms with Crippen LogP contribution in [0.4, 0.5) is 0 Å². The van der Waals surface area contributed by atoms with Crippen LogP contribution in [0.25, 0.3) is 11.1 Å².